The van der Waals surface area contributed by atoms with Gasteiger partial charge in [-0.2, -0.15) is 0 Å². The van der Waals surface area contributed by atoms with E-state index in [0.29, 0.717) is 16.7 Å². The lowest BCUT2D eigenvalue weighted by molar-refractivity contribution is -0.384. The fourth-order valence-electron chi connectivity index (χ4n) is 2.60. The Morgan fingerprint density at radius 3 is 2.62 bits per heavy atom. The minimum absolute atomic E-state index is 0.0236. The Balaban J connectivity index is 1.94. The summed E-state index contributed by atoms with van der Waals surface area (Å²) in [6.45, 7) is 3.59. The van der Waals surface area contributed by atoms with Crippen LogP contribution in [0.25, 0.3) is 0 Å². The number of halogens is 1. The molecule has 1 aliphatic rings. The summed E-state index contributed by atoms with van der Waals surface area (Å²) >= 11 is 5.88. The lowest BCUT2D eigenvalue weighted by atomic mass is 10.2. The summed E-state index contributed by atoms with van der Waals surface area (Å²) in [6, 6.07) is 6.39. The third-order valence-corrected chi connectivity index (χ3v) is 4.14. The van der Waals surface area contributed by atoms with Gasteiger partial charge in [0, 0.05) is 44.4 Å². The molecule has 1 aliphatic heterocycles. The smallest absolute Gasteiger partial charge is 0.271 e. The molecule has 9 heteroatoms. The van der Waals surface area contributed by atoms with Crippen LogP contribution in [0.3, 0.4) is 0 Å². The molecule has 0 radical (unpaired) electrons. The van der Waals surface area contributed by atoms with Gasteiger partial charge in [0.2, 0.25) is 0 Å². The van der Waals surface area contributed by atoms with Crippen LogP contribution in [0.2, 0.25) is 5.15 Å². The summed E-state index contributed by atoms with van der Waals surface area (Å²) in [5.74, 6) is 0.492. The van der Waals surface area contributed by atoms with Crippen molar-refractivity contribution in [1.29, 1.82) is 0 Å². The number of hydrogen-bond acceptors (Lipinski definition) is 7. The molecule has 2 aromatic rings. The minimum Gasteiger partial charge on any atom is -0.367 e. The third-order valence-electron chi connectivity index (χ3n) is 3.93. The predicted octanol–water partition coefficient (Wildman–Crippen LogP) is 2.53. The zero-order chi connectivity index (χ0) is 17.1. The van der Waals surface area contributed by atoms with E-state index >= 15 is 0 Å². The van der Waals surface area contributed by atoms with Gasteiger partial charge in [-0.1, -0.05) is 11.6 Å². The van der Waals surface area contributed by atoms with Crippen LogP contribution in [-0.4, -0.2) is 53.0 Å². The average Bonchev–Trinajstić information content (AvgIpc) is 2.56. The minimum atomic E-state index is -0.411. The maximum Gasteiger partial charge on any atom is 0.271 e. The van der Waals surface area contributed by atoms with E-state index < -0.39 is 4.92 Å². The van der Waals surface area contributed by atoms with Crippen molar-refractivity contribution < 1.29 is 4.92 Å². The zero-order valence-electron chi connectivity index (χ0n) is 13.1. The Bertz CT molecular complexity index is 748. The molecule has 1 aromatic carbocycles. The maximum absolute atomic E-state index is 11.1. The van der Waals surface area contributed by atoms with Crippen LogP contribution in [-0.2, 0) is 0 Å². The van der Waals surface area contributed by atoms with Crippen LogP contribution < -0.4 is 10.2 Å². The van der Waals surface area contributed by atoms with Gasteiger partial charge < -0.3 is 15.1 Å². The lowest BCUT2D eigenvalue weighted by Gasteiger charge is -2.35. The standard InChI is InChI=1S/C15H17ClN6O2/c1-20-4-6-21(7-5-20)13-3-2-11(22(23)24)8-12(13)19-15-9-14(16)17-10-18-15/h2-3,8-10H,4-7H2,1H3,(H,17,18,19). The first-order chi connectivity index (χ1) is 11.5. The number of hydrogen-bond donors (Lipinski definition) is 1. The molecule has 1 N–H and O–H groups in total. The van der Waals surface area contributed by atoms with Gasteiger partial charge in [0.05, 0.1) is 16.3 Å². The third kappa shape index (κ3) is 3.72. The number of nitro groups is 1. The van der Waals surface area contributed by atoms with E-state index in [1.54, 1.807) is 12.1 Å². The first kappa shape index (κ1) is 16.4. The second kappa shape index (κ2) is 6.98. The number of anilines is 3. The normalized spacial score (nSPS) is 15.3. The number of non-ortho nitro benzene ring substituents is 1. The van der Waals surface area contributed by atoms with Gasteiger partial charge in [-0.15, -0.1) is 0 Å². The summed E-state index contributed by atoms with van der Waals surface area (Å²) in [5, 5.41) is 14.5. The van der Waals surface area contributed by atoms with Crippen LogP contribution in [0.5, 0.6) is 0 Å². The number of nitro benzene ring substituents is 1. The van der Waals surface area contributed by atoms with Crippen molar-refractivity contribution >= 4 is 34.5 Å². The van der Waals surface area contributed by atoms with E-state index in [1.807, 2.05) is 0 Å². The Morgan fingerprint density at radius 1 is 1.21 bits per heavy atom. The molecular formula is C15H17ClN6O2. The van der Waals surface area contributed by atoms with E-state index in [4.69, 9.17) is 11.6 Å². The van der Waals surface area contributed by atoms with Crippen molar-refractivity contribution in [3.8, 4) is 0 Å². The molecule has 3 rings (SSSR count). The molecule has 1 saturated heterocycles. The second-order valence-corrected chi connectivity index (χ2v) is 5.99. The fraction of sp³-hybridized carbons (Fsp3) is 0.333. The Labute approximate surface area is 144 Å². The van der Waals surface area contributed by atoms with Gasteiger partial charge in [0.1, 0.15) is 17.3 Å². The zero-order valence-corrected chi connectivity index (χ0v) is 13.9. The Morgan fingerprint density at radius 2 is 1.96 bits per heavy atom. The molecule has 0 atom stereocenters. The molecule has 2 heterocycles. The Hall–Kier alpha value is -2.45. The summed E-state index contributed by atoms with van der Waals surface area (Å²) in [4.78, 5) is 23.1. The quantitative estimate of drug-likeness (QED) is 0.516. The van der Waals surface area contributed by atoms with Gasteiger partial charge in [-0.05, 0) is 13.1 Å². The highest BCUT2D eigenvalue weighted by Gasteiger charge is 2.19. The van der Waals surface area contributed by atoms with Crippen molar-refractivity contribution in [2.45, 2.75) is 0 Å². The number of rotatable bonds is 4. The molecule has 0 unspecified atom stereocenters. The van der Waals surface area contributed by atoms with E-state index in [9.17, 15) is 10.1 Å². The van der Waals surface area contributed by atoms with Gasteiger partial charge in [-0.3, -0.25) is 10.1 Å². The molecule has 1 fully saturated rings. The number of aromatic nitrogens is 2. The van der Waals surface area contributed by atoms with Crippen LogP contribution in [0.1, 0.15) is 0 Å². The van der Waals surface area contributed by atoms with Gasteiger partial charge in [-0.25, -0.2) is 9.97 Å². The number of benzene rings is 1. The number of nitrogens with one attached hydrogen (secondary N) is 1. The van der Waals surface area contributed by atoms with Crippen molar-refractivity contribution in [3.63, 3.8) is 0 Å². The molecule has 0 spiro atoms. The average molecular weight is 349 g/mol. The number of piperazine rings is 1. The van der Waals surface area contributed by atoms with Crippen LogP contribution in [0.15, 0.2) is 30.6 Å². The highest BCUT2D eigenvalue weighted by molar-refractivity contribution is 6.29. The highest BCUT2D eigenvalue weighted by Crippen LogP contribution is 2.33. The van der Waals surface area contributed by atoms with Crippen molar-refractivity contribution in [2.24, 2.45) is 0 Å². The summed E-state index contributed by atoms with van der Waals surface area (Å²) < 4.78 is 0. The van der Waals surface area contributed by atoms with E-state index in [-0.39, 0.29) is 5.69 Å². The lowest BCUT2D eigenvalue weighted by Crippen LogP contribution is -2.44. The monoisotopic (exact) mass is 348 g/mol. The van der Waals surface area contributed by atoms with Crippen LogP contribution >= 0.6 is 11.6 Å². The van der Waals surface area contributed by atoms with Gasteiger partial charge >= 0.3 is 0 Å². The molecular weight excluding hydrogens is 332 g/mol. The molecule has 0 saturated carbocycles. The van der Waals surface area contributed by atoms with E-state index in [2.05, 4.69) is 32.1 Å². The Kier molecular flexibility index (Phi) is 4.77. The first-order valence-corrected chi connectivity index (χ1v) is 7.87. The maximum atomic E-state index is 11.1. The fourth-order valence-corrected chi connectivity index (χ4v) is 2.75. The largest absolute Gasteiger partial charge is 0.367 e. The topological polar surface area (TPSA) is 87.4 Å². The van der Waals surface area contributed by atoms with Crippen molar-refractivity contribution in [3.05, 3.63) is 45.9 Å². The summed E-state index contributed by atoms with van der Waals surface area (Å²) in [7, 11) is 2.08. The van der Waals surface area contributed by atoms with Crippen LogP contribution in [0.4, 0.5) is 22.9 Å². The van der Waals surface area contributed by atoms with Gasteiger partial charge in [0.15, 0.2) is 0 Å². The summed E-state index contributed by atoms with van der Waals surface area (Å²) in [6.07, 6.45) is 1.34. The van der Waals surface area contributed by atoms with E-state index in [1.165, 1.54) is 18.5 Å². The molecule has 0 aliphatic carbocycles. The van der Waals surface area contributed by atoms with Crippen LogP contribution in [0, 0.1) is 10.1 Å². The highest BCUT2D eigenvalue weighted by atomic mass is 35.5. The van der Waals surface area contributed by atoms with Crippen molar-refractivity contribution in [2.75, 3.05) is 43.4 Å². The number of nitrogens with zero attached hydrogens (tertiary/aromatic N) is 5. The molecule has 0 amide bonds. The second-order valence-electron chi connectivity index (χ2n) is 5.60. The van der Waals surface area contributed by atoms with Gasteiger partial charge in [0.25, 0.3) is 5.69 Å². The number of likely N-dealkylation sites (N-methyl/N-ethyl adjacent to an activating group) is 1. The van der Waals surface area contributed by atoms with E-state index in [0.717, 1.165) is 31.9 Å². The summed E-state index contributed by atoms with van der Waals surface area (Å²) in [5.41, 5.74) is 1.56. The molecule has 1 aromatic heterocycles. The molecule has 0 bridgehead atoms. The van der Waals surface area contributed by atoms with Crippen molar-refractivity contribution in [1.82, 2.24) is 14.9 Å². The molecule has 24 heavy (non-hydrogen) atoms. The molecule has 126 valence electrons. The molecule has 8 nitrogen and oxygen atoms in total. The first-order valence-electron chi connectivity index (χ1n) is 7.49. The predicted molar refractivity (Wildman–Crippen MR) is 93.1 cm³/mol. The SMILES string of the molecule is CN1CCN(c2ccc([N+](=O)[O-])cc2Nc2cc(Cl)ncn2)CC1.